The van der Waals surface area contributed by atoms with Crippen molar-refractivity contribution in [2.24, 2.45) is 5.92 Å². The van der Waals surface area contributed by atoms with Gasteiger partial charge in [0.05, 0.1) is 18.3 Å². The van der Waals surface area contributed by atoms with Crippen LogP contribution in [0.4, 0.5) is 4.79 Å². The summed E-state index contributed by atoms with van der Waals surface area (Å²) in [5, 5.41) is 12.6. The fraction of sp³-hybridized carbons (Fsp3) is 0.474. The largest absolute Gasteiger partial charge is 0.444 e. The Labute approximate surface area is 147 Å². The minimum Gasteiger partial charge on any atom is -0.444 e. The van der Waals surface area contributed by atoms with Gasteiger partial charge in [-0.15, -0.1) is 0 Å². The summed E-state index contributed by atoms with van der Waals surface area (Å²) >= 11 is 0. The monoisotopic (exact) mass is 343 g/mol. The molecule has 2 N–H and O–H groups in total. The number of urea groups is 1. The van der Waals surface area contributed by atoms with E-state index in [1.807, 2.05) is 31.2 Å². The van der Waals surface area contributed by atoms with Crippen molar-refractivity contribution in [1.82, 2.24) is 15.2 Å². The van der Waals surface area contributed by atoms with Gasteiger partial charge in [-0.3, -0.25) is 0 Å². The number of benzene rings is 1. The third-order valence-electron chi connectivity index (χ3n) is 4.70. The fourth-order valence-electron chi connectivity index (χ4n) is 3.08. The highest BCUT2D eigenvalue weighted by molar-refractivity contribution is 5.74. The van der Waals surface area contributed by atoms with E-state index >= 15 is 0 Å². The van der Waals surface area contributed by atoms with Crippen LogP contribution in [0, 0.1) is 12.8 Å². The normalized spacial score (nSPS) is 18.8. The Morgan fingerprint density at radius 2 is 2.20 bits per heavy atom. The molecule has 0 radical (unpaired) electrons. The van der Waals surface area contributed by atoms with Crippen LogP contribution in [0.5, 0.6) is 0 Å². The number of hydrogen-bond donors (Lipinski definition) is 2. The average Bonchev–Trinajstić information content (AvgIpc) is 3.09. The van der Waals surface area contributed by atoms with Crippen LogP contribution in [-0.4, -0.2) is 40.2 Å². The lowest BCUT2D eigenvalue weighted by atomic mass is 9.94. The number of likely N-dealkylation sites (tertiary alicyclic amines) is 1. The first-order chi connectivity index (χ1) is 12.0. The molecule has 0 aliphatic carbocycles. The zero-order chi connectivity index (χ0) is 17.8. The van der Waals surface area contributed by atoms with E-state index in [0.29, 0.717) is 24.7 Å². The molecule has 2 amide bonds. The number of hydrogen-bond acceptors (Lipinski definition) is 4. The predicted molar refractivity (Wildman–Crippen MR) is 94.9 cm³/mol. The van der Waals surface area contributed by atoms with E-state index in [1.54, 1.807) is 18.1 Å². The van der Waals surface area contributed by atoms with E-state index in [-0.39, 0.29) is 18.1 Å². The van der Waals surface area contributed by atoms with Crippen molar-refractivity contribution < 1.29 is 14.3 Å². The molecule has 2 atom stereocenters. The number of aliphatic hydroxyl groups is 1. The van der Waals surface area contributed by atoms with Gasteiger partial charge in [0.1, 0.15) is 6.26 Å². The molecule has 1 aliphatic heterocycles. The van der Waals surface area contributed by atoms with Crippen molar-refractivity contribution in [2.75, 3.05) is 13.1 Å². The van der Waals surface area contributed by atoms with Crippen LogP contribution in [0.1, 0.15) is 31.0 Å². The van der Waals surface area contributed by atoms with Gasteiger partial charge in [-0.1, -0.05) is 17.7 Å². The quantitative estimate of drug-likeness (QED) is 0.894. The van der Waals surface area contributed by atoms with Crippen LogP contribution in [0.3, 0.4) is 0 Å². The van der Waals surface area contributed by atoms with Crippen molar-refractivity contribution in [3.05, 3.63) is 41.8 Å². The summed E-state index contributed by atoms with van der Waals surface area (Å²) in [4.78, 5) is 18.5. The van der Waals surface area contributed by atoms with Crippen LogP contribution in [0.25, 0.3) is 11.5 Å². The lowest BCUT2D eigenvalue weighted by Crippen LogP contribution is -2.47. The number of piperidine rings is 1. The molecule has 2 unspecified atom stereocenters. The van der Waals surface area contributed by atoms with E-state index in [9.17, 15) is 9.90 Å². The number of aliphatic hydroxyl groups excluding tert-OH is 1. The minimum atomic E-state index is -0.386. The molecule has 2 aromatic rings. The second-order valence-corrected chi connectivity index (χ2v) is 6.76. The first kappa shape index (κ1) is 17.5. The third-order valence-corrected chi connectivity index (χ3v) is 4.70. The molecule has 1 saturated heterocycles. The van der Waals surface area contributed by atoms with Crippen LogP contribution in [0.2, 0.25) is 0 Å². The summed E-state index contributed by atoms with van der Waals surface area (Å²) in [6.45, 7) is 5.46. The predicted octanol–water partition coefficient (Wildman–Crippen LogP) is 2.95. The van der Waals surface area contributed by atoms with E-state index in [2.05, 4.69) is 10.3 Å². The maximum Gasteiger partial charge on any atom is 0.317 e. The summed E-state index contributed by atoms with van der Waals surface area (Å²) in [5.41, 5.74) is 2.78. The fourth-order valence-corrected chi connectivity index (χ4v) is 3.08. The average molecular weight is 343 g/mol. The smallest absolute Gasteiger partial charge is 0.317 e. The van der Waals surface area contributed by atoms with Gasteiger partial charge in [-0.25, -0.2) is 9.78 Å². The van der Waals surface area contributed by atoms with Gasteiger partial charge >= 0.3 is 6.03 Å². The number of rotatable bonds is 4. The molecule has 6 heteroatoms. The van der Waals surface area contributed by atoms with Crippen molar-refractivity contribution in [2.45, 2.75) is 39.3 Å². The number of carbonyl (C=O) groups is 1. The highest BCUT2D eigenvalue weighted by Crippen LogP contribution is 2.21. The molecule has 0 spiro atoms. The molecule has 25 heavy (non-hydrogen) atoms. The molecule has 1 aromatic carbocycles. The van der Waals surface area contributed by atoms with Gasteiger partial charge in [0, 0.05) is 24.6 Å². The maximum absolute atomic E-state index is 12.3. The second-order valence-electron chi connectivity index (χ2n) is 6.76. The van der Waals surface area contributed by atoms with E-state index < -0.39 is 0 Å². The van der Waals surface area contributed by atoms with Crippen LogP contribution in [0.15, 0.2) is 34.9 Å². The molecule has 1 aromatic heterocycles. The Kier molecular flexibility index (Phi) is 5.38. The SMILES string of the molecule is Cc1ccc(-c2nc(CNC(=O)N3CCCC(C(C)O)C3)co2)cc1. The zero-order valence-electron chi connectivity index (χ0n) is 14.7. The molecular weight excluding hydrogens is 318 g/mol. The zero-order valence-corrected chi connectivity index (χ0v) is 14.7. The standard InChI is InChI=1S/C19H25N3O3/c1-13-5-7-15(8-6-13)18-21-17(12-25-18)10-20-19(24)22-9-3-4-16(11-22)14(2)23/h5-8,12,14,16,23H,3-4,9-11H2,1-2H3,(H,20,24). The summed E-state index contributed by atoms with van der Waals surface area (Å²) in [6, 6.07) is 7.83. The lowest BCUT2D eigenvalue weighted by molar-refractivity contribution is 0.0738. The van der Waals surface area contributed by atoms with Gasteiger partial charge in [0.25, 0.3) is 0 Å². The minimum absolute atomic E-state index is 0.120. The van der Waals surface area contributed by atoms with E-state index in [1.165, 1.54) is 5.56 Å². The number of amides is 2. The van der Waals surface area contributed by atoms with Crippen LogP contribution < -0.4 is 5.32 Å². The number of nitrogens with one attached hydrogen (secondary N) is 1. The topological polar surface area (TPSA) is 78.6 Å². The van der Waals surface area contributed by atoms with Gasteiger partial charge in [0.2, 0.25) is 5.89 Å². The van der Waals surface area contributed by atoms with Gasteiger partial charge in [-0.05, 0) is 38.8 Å². The van der Waals surface area contributed by atoms with Crippen molar-refractivity contribution in [1.29, 1.82) is 0 Å². The summed E-state index contributed by atoms with van der Waals surface area (Å²) in [5.74, 6) is 0.705. The number of aromatic nitrogens is 1. The molecule has 6 nitrogen and oxygen atoms in total. The molecule has 0 bridgehead atoms. The number of oxazole rings is 1. The highest BCUT2D eigenvalue weighted by atomic mass is 16.3. The Balaban J connectivity index is 1.55. The maximum atomic E-state index is 12.3. The Morgan fingerprint density at radius 1 is 1.44 bits per heavy atom. The van der Waals surface area contributed by atoms with E-state index in [0.717, 1.165) is 24.9 Å². The third kappa shape index (κ3) is 4.39. The molecule has 2 heterocycles. The summed E-state index contributed by atoms with van der Waals surface area (Å²) in [6.07, 6.45) is 3.07. The summed E-state index contributed by atoms with van der Waals surface area (Å²) < 4.78 is 5.51. The Bertz CT molecular complexity index is 709. The van der Waals surface area contributed by atoms with Gasteiger partial charge in [-0.2, -0.15) is 0 Å². The molecule has 0 saturated carbocycles. The molecule has 1 aliphatic rings. The van der Waals surface area contributed by atoms with Gasteiger partial charge in [0.15, 0.2) is 0 Å². The molecule has 1 fully saturated rings. The summed E-state index contributed by atoms with van der Waals surface area (Å²) in [7, 11) is 0. The molecular formula is C19H25N3O3. The highest BCUT2D eigenvalue weighted by Gasteiger charge is 2.26. The van der Waals surface area contributed by atoms with Crippen LogP contribution in [-0.2, 0) is 6.54 Å². The molecule has 134 valence electrons. The van der Waals surface area contributed by atoms with E-state index in [4.69, 9.17) is 4.42 Å². The number of aryl methyl sites for hydroxylation is 1. The number of carbonyl (C=O) groups excluding carboxylic acids is 1. The lowest BCUT2D eigenvalue weighted by Gasteiger charge is -2.34. The second kappa shape index (κ2) is 7.70. The van der Waals surface area contributed by atoms with Crippen molar-refractivity contribution >= 4 is 6.03 Å². The van der Waals surface area contributed by atoms with Gasteiger partial charge < -0.3 is 19.7 Å². The first-order valence-electron chi connectivity index (χ1n) is 8.75. The van der Waals surface area contributed by atoms with Crippen molar-refractivity contribution in [3.8, 4) is 11.5 Å². The Hall–Kier alpha value is -2.34. The molecule has 3 rings (SSSR count). The Morgan fingerprint density at radius 3 is 2.92 bits per heavy atom. The number of nitrogens with zero attached hydrogens (tertiary/aromatic N) is 2. The van der Waals surface area contributed by atoms with Crippen LogP contribution >= 0.6 is 0 Å². The van der Waals surface area contributed by atoms with Crippen molar-refractivity contribution in [3.63, 3.8) is 0 Å². The first-order valence-corrected chi connectivity index (χ1v) is 8.75.